The molecule has 3 aromatic rings. The van der Waals surface area contributed by atoms with Crippen molar-refractivity contribution < 1.29 is 26.7 Å². The van der Waals surface area contributed by atoms with Crippen molar-refractivity contribution in [1.82, 2.24) is 14.0 Å². The Balaban J connectivity index is 1.07. The molecule has 10 nitrogen and oxygen atoms in total. The minimum absolute atomic E-state index is 0.124. The summed E-state index contributed by atoms with van der Waals surface area (Å²) in [6, 6.07) is 6.23. The number of anilines is 1. The number of thiophene rings is 1. The Morgan fingerprint density at radius 2 is 1.57 bits per heavy atom. The van der Waals surface area contributed by atoms with Crippen LogP contribution in [-0.2, 0) is 31.3 Å². The van der Waals surface area contributed by atoms with E-state index in [9.17, 15) is 26.7 Å². The van der Waals surface area contributed by atoms with E-state index in [1.165, 1.54) is 24.4 Å². The summed E-state index contributed by atoms with van der Waals surface area (Å²) in [5, 5.41) is 10.3. The van der Waals surface area contributed by atoms with Crippen LogP contribution in [0.3, 0.4) is 0 Å². The summed E-state index contributed by atoms with van der Waals surface area (Å²) in [5.41, 5.74) is 0.520. The highest BCUT2D eigenvalue weighted by Gasteiger charge is 2.32. The van der Waals surface area contributed by atoms with Gasteiger partial charge in [-0.2, -0.15) is 9.03 Å². The Kier molecular flexibility index (Phi) is 13.4. The molecule has 0 spiro atoms. The predicted octanol–water partition coefficient (Wildman–Crippen LogP) is 8.09. The van der Waals surface area contributed by atoms with Crippen LogP contribution in [0.15, 0.2) is 54.6 Å². The molecule has 0 amide bonds. The van der Waals surface area contributed by atoms with Crippen LogP contribution >= 0.6 is 78.0 Å². The van der Waals surface area contributed by atoms with Crippen molar-refractivity contribution in [3.05, 3.63) is 65.4 Å². The molecule has 1 aromatic carbocycles. The predicted molar refractivity (Wildman–Crippen MR) is 201 cm³/mol. The zero-order valence-corrected chi connectivity index (χ0v) is 34.0. The van der Waals surface area contributed by atoms with Crippen LogP contribution < -0.4 is 9.62 Å². The summed E-state index contributed by atoms with van der Waals surface area (Å²) in [6.07, 6.45) is 8.09. The number of pyridine rings is 1. The lowest BCUT2D eigenvalue weighted by Crippen LogP contribution is -2.42. The molecule has 2 fully saturated rings. The molecule has 2 saturated heterocycles. The fourth-order valence-electron chi connectivity index (χ4n) is 6.28. The van der Waals surface area contributed by atoms with Crippen molar-refractivity contribution in [3.8, 4) is 0 Å². The topological polar surface area (TPSA) is 137 Å². The Hall–Kier alpha value is -1.01. The highest BCUT2D eigenvalue weighted by molar-refractivity contribution is 9.11. The number of hydrogen-bond donors (Lipinski definition) is 2. The van der Waals surface area contributed by atoms with E-state index in [0.29, 0.717) is 54.6 Å². The fourth-order valence-corrected chi connectivity index (χ4v) is 12.4. The second kappa shape index (κ2) is 16.8. The van der Waals surface area contributed by atoms with E-state index in [4.69, 9.17) is 34.8 Å². The van der Waals surface area contributed by atoms with Gasteiger partial charge in [-0.1, -0.05) is 60.1 Å². The second-order valence-electron chi connectivity index (χ2n) is 12.3. The first kappa shape index (κ1) is 39.2. The maximum absolute atomic E-state index is 13.2. The summed E-state index contributed by atoms with van der Waals surface area (Å²) >= 11 is 25.9. The molecular weight excluding hydrogens is 887 g/mol. The van der Waals surface area contributed by atoms with Gasteiger partial charge in [0.2, 0.25) is 10.0 Å². The molecule has 1 unspecified atom stereocenters. The van der Waals surface area contributed by atoms with Crippen molar-refractivity contribution in [2.75, 3.05) is 31.1 Å². The van der Waals surface area contributed by atoms with Gasteiger partial charge in [0.25, 0.3) is 10.0 Å². The minimum Gasteiger partial charge on any atom is -0.480 e. The van der Waals surface area contributed by atoms with Gasteiger partial charge in [-0.15, -0.1) is 11.3 Å². The Bertz CT molecular complexity index is 1860. The molecule has 2 aliphatic rings. The van der Waals surface area contributed by atoms with Crippen LogP contribution in [0.4, 0.5) is 5.82 Å². The molecule has 268 valence electrons. The molecule has 0 radical (unpaired) electrons. The third kappa shape index (κ3) is 9.91. The molecule has 2 aromatic heterocycles. The number of piperidine rings is 2. The van der Waals surface area contributed by atoms with E-state index < -0.39 is 32.1 Å². The number of carbonyl (C=O) groups is 1. The summed E-state index contributed by atoms with van der Waals surface area (Å²) in [7, 11) is -7.73. The molecule has 0 bridgehead atoms. The Labute approximate surface area is 322 Å². The van der Waals surface area contributed by atoms with Crippen LogP contribution in [0.1, 0.15) is 50.5 Å². The molecule has 2 N–H and O–H groups in total. The molecule has 2 aliphatic heterocycles. The van der Waals surface area contributed by atoms with Gasteiger partial charge in [0, 0.05) is 36.8 Å². The number of carboxylic acid groups (broad SMARTS) is 1. The number of aliphatic carboxylic acids is 1. The van der Waals surface area contributed by atoms with Gasteiger partial charge in [0.1, 0.15) is 25.3 Å². The number of nitrogens with one attached hydrogen (secondary N) is 1. The van der Waals surface area contributed by atoms with Gasteiger partial charge in [0.05, 0.1) is 14.5 Å². The molecule has 49 heavy (non-hydrogen) atoms. The standard InChI is InChI=1S/C31H35Br2Cl3N4O6S3/c32-23-17-28(47-29(23)36)49(45,46)40-12-8-20(9-13-40)3-1-2-19-6-10-39(11-7-19)30-24(33)16-22(18-37-30)48(43,44)38-27(31(41)42)15-21-4-5-25(34)26(35)14-21/h4-5,14,16-20,27,38H,1-3,6-13,15H2,(H,41,42). The first-order valence-corrected chi connectivity index (χ1v) is 22.1. The maximum Gasteiger partial charge on any atom is 0.322 e. The van der Waals surface area contributed by atoms with Gasteiger partial charge in [-0.25, -0.2) is 21.8 Å². The number of benzene rings is 1. The largest absolute Gasteiger partial charge is 0.480 e. The van der Waals surface area contributed by atoms with E-state index in [0.717, 1.165) is 69.4 Å². The van der Waals surface area contributed by atoms with Crippen LogP contribution in [0, 0.1) is 11.8 Å². The van der Waals surface area contributed by atoms with Crippen LogP contribution in [0.25, 0.3) is 0 Å². The molecule has 0 aliphatic carbocycles. The van der Waals surface area contributed by atoms with Gasteiger partial charge in [0.15, 0.2) is 0 Å². The smallest absolute Gasteiger partial charge is 0.322 e. The second-order valence-corrected chi connectivity index (χ2v) is 20.4. The van der Waals surface area contributed by atoms with E-state index in [-0.39, 0.29) is 20.5 Å². The molecule has 1 atom stereocenters. The normalized spacial score (nSPS) is 17.8. The summed E-state index contributed by atoms with van der Waals surface area (Å²) in [6.45, 7) is 2.61. The molecule has 4 heterocycles. The van der Waals surface area contributed by atoms with E-state index in [1.54, 1.807) is 16.4 Å². The van der Waals surface area contributed by atoms with Crippen molar-refractivity contribution in [2.45, 2.75) is 66.5 Å². The number of rotatable bonds is 13. The van der Waals surface area contributed by atoms with Crippen LogP contribution in [0.5, 0.6) is 0 Å². The SMILES string of the molecule is O=C(O)C(Cc1ccc(Cl)c(Cl)c1)NS(=O)(=O)c1cnc(N2CCC(CCCC3CCN(S(=O)(=O)c4cc(Br)c(Cl)s4)CC3)CC2)c(Br)c1. The lowest BCUT2D eigenvalue weighted by Gasteiger charge is -2.34. The fraction of sp³-hybridized carbons (Fsp3) is 0.484. The van der Waals surface area contributed by atoms with Crippen LogP contribution in [-0.4, -0.2) is 69.4 Å². The summed E-state index contributed by atoms with van der Waals surface area (Å²) < 4.78 is 58.0. The summed E-state index contributed by atoms with van der Waals surface area (Å²) in [5.74, 6) is 0.398. The van der Waals surface area contributed by atoms with Crippen LogP contribution in [0.2, 0.25) is 14.4 Å². The number of aromatic nitrogens is 1. The highest BCUT2D eigenvalue weighted by Crippen LogP contribution is 2.38. The van der Waals surface area contributed by atoms with Gasteiger partial charge in [-0.05, 0) is 106 Å². The minimum atomic E-state index is -4.20. The lowest BCUT2D eigenvalue weighted by molar-refractivity contribution is -0.138. The monoisotopic (exact) mass is 918 g/mol. The average Bonchev–Trinajstić information content (AvgIpc) is 3.41. The molecule has 5 rings (SSSR count). The number of halogens is 5. The van der Waals surface area contributed by atoms with E-state index in [1.807, 2.05) is 0 Å². The lowest BCUT2D eigenvalue weighted by atomic mass is 9.87. The third-order valence-electron chi connectivity index (χ3n) is 9.06. The molecular formula is C31H35Br2Cl3N4O6S3. The Morgan fingerprint density at radius 3 is 2.12 bits per heavy atom. The number of nitrogens with zero attached hydrogens (tertiary/aromatic N) is 3. The number of carboxylic acids is 1. The number of hydrogen-bond acceptors (Lipinski definition) is 8. The maximum atomic E-state index is 13.2. The van der Waals surface area contributed by atoms with E-state index in [2.05, 4.69) is 46.5 Å². The van der Waals surface area contributed by atoms with Gasteiger partial charge in [-0.3, -0.25) is 4.79 Å². The first-order valence-electron chi connectivity index (χ1n) is 15.7. The van der Waals surface area contributed by atoms with Gasteiger partial charge < -0.3 is 10.0 Å². The van der Waals surface area contributed by atoms with Gasteiger partial charge >= 0.3 is 5.97 Å². The Morgan fingerprint density at radius 1 is 0.939 bits per heavy atom. The zero-order valence-electron chi connectivity index (χ0n) is 26.1. The van der Waals surface area contributed by atoms with Crippen molar-refractivity contribution in [3.63, 3.8) is 0 Å². The summed E-state index contributed by atoms with van der Waals surface area (Å²) in [4.78, 5) is 18.3. The van der Waals surface area contributed by atoms with Crippen molar-refractivity contribution in [1.29, 1.82) is 0 Å². The average molecular weight is 922 g/mol. The van der Waals surface area contributed by atoms with E-state index >= 15 is 0 Å². The highest BCUT2D eigenvalue weighted by atomic mass is 79.9. The third-order valence-corrected chi connectivity index (χ3v) is 16.6. The first-order chi connectivity index (χ1) is 23.1. The molecule has 0 saturated carbocycles. The molecule has 18 heteroatoms. The zero-order chi connectivity index (χ0) is 35.5. The van der Waals surface area contributed by atoms with Crippen molar-refractivity contribution >= 4 is 110 Å². The number of sulfonamides is 2. The van der Waals surface area contributed by atoms with Crippen molar-refractivity contribution in [2.24, 2.45) is 11.8 Å². The quantitative estimate of drug-likeness (QED) is 0.176.